The van der Waals surface area contributed by atoms with Crippen molar-refractivity contribution in [2.45, 2.75) is 77.0 Å². The number of rotatable bonds is 1. The summed E-state index contributed by atoms with van der Waals surface area (Å²) in [5.74, 6) is 0. The first kappa shape index (κ1) is 13.6. The van der Waals surface area contributed by atoms with E-state index in [4.69, 9.17) is 0 Å². The molecule has 2 aliphatic rings. The van der Waals surface area contributed by atoms with Crippen molar-refractivity contribution < 1.29 is 0 Å². The van der Waals surface area contributed by atoms with Gasteiger partial charge in [-0.15, -0.1) is 0 Å². The van der Waals surface area contributed by atoms with Gasteiger partial charge in [-0.1, -0.05) is 43.9 Å². The Morgan fingerprint density at radius 1 is 0.778 bits per heavy atom. The van der Waals surface area contributed by atoms with Crippen LogP contribution in [-0.4, -0.2) is 0 Å². The van der Waals surface area contributed by atoms with Crippen molar-refractivity contribution in [1.82, 2.24) is 0 Å². The molecule has 0 bridgehead atoms. The van der Waals surface area contributed by atoms with Gasteiger partial charge in [0.25, 0.3) is 0 Å². The van der Waals surface area contributed by atoms with E-state index in [1.165, 1.54) is 76.2 Å². The molecule has 2 rings (SSSR count). The predicted molar refractivity (Wildman–Crippen MR) is 79.4 cm³/mol. The lowest BCUT2D eigenvalue weighted by Crippen LogP contribution is -1.89. The smallest absolute Gasteiger partial charge is 0.0196 e. The molecule has 0 nitrogen and oxygen atoms in total. The van der Waals surface area contributed by atoms with Gasteiger partial charge < -0.3 is 0 Å². The zero-order valence-electron chi connectivity index (χ0n) is 11.7. The van der Waals surface area contributed by atoms with Crippen LogP contribution in [0.3, 0.4) is 0 Å². The van der Waals surface area contributed by atoms with Gasteiger partial charge >= 0.3 is 0 Å². The topological polar surface area (TPSA) is 0 Å². The van der Waals surface area contributed by atoms with Gasteiger partial charge in [0.05, 0.1) is 0 Å². The van der Waals surface area contributed by atoms with Gasteiger partial charge in [-0.2, -0.15) is 0 Å². The molecular formula is C18H27. The molecule has 0 aromatic carbocycles. The van der Waals surface area contributed by atoms with E-state index in [1.807, 2.05) is 0 Å². The average molecular weight is 243 g/mol. The van der Waals surface area contributed by atoms with E-state index in [0.29, 0.717) is 0 Å². The minimum Gasteiger partial charge on any atom is -0.0839 e. The summed E-state index contributed by atoms with van der Waals surface area (Å²) in [7, 11) is 0. The van der Waals surface area contributed by atoms with E-state index in [0.717, 1.165) is 6.42 Å². The van der Waals surface area contributed by atoms with Gasteiger partial charge in [0.1, 0.15) is 0 Å². The summed E-state index contributed by atoms with van der Waals surface area (Å²) >= 11 is 0. The lowest BCUT2D eigenvalue weighted by molar-refractivity contribution is 0.629. The van der Waals surface area contributed by atoms with Crippen LogP contribution in [0.15, 0.2) is 29.4 Å². The Morgan fingerprint density at radius 2 is 1.56 bits per heavy atom. The van der Waals surface area contributed by atoms with E-state index < -0.39 is 0 Å². The fourth-order valence-electron chi connectivity index (χ4n) is 2.88. The summed E-state index contributed by atoms with van der Waals surface area (Å²) in [5.41, 5.74) is 2.99. The first-order chi connectivity index (χ1) is 8.97. The number of hydrogen-bond donors (Lipinski definition) is 0. The van der Waals surface area contributed by atoms with Crippen LogP contribution in [0.1, 0.15) is 77.0 Å². The molecule has 1 radical (unpaired) electrons. The first-order valence-corrected chi connectivity index (χ1v) is 7.93. The standard InChI is InChI=1S/C18H27/c1-2-6-10-14-17(13-9-5-1)18-15-11-7-3-4-8-12-16-18/h9,13,15H,1-8,10-12,16H2/b13-9+,17-14?,18-15-. The molecule has 0 spiro atoms. The molecule has 0 saturated carbocycles. The van der Waals surface area contributed by atoms with E-state index in [2.05, 4.69) is 24.3 Å². The van der Waals surface area contributed by atoms with Crippen molar-refractivity contribution in [3.05, 3.63) is 35.5 Å². The molecule has 0 fully saturated rings. The SMILES string of the molecule is [C]1=C(/C2=C\CCCCCCC2)\C=C\CCCCC/1. The van der Waals surface area contributed by atoms with E-state index in [9.17, 15) is 0 Å². The van der Waals surface area contributed by atoms with Crippen LogP contribution >= 0.6 is 0 Å². The Morgan fingerprint density at radius 3 is 2.56 bits per heavy atom. The predicted octanol–water partition coefficient (Wildman–Crippen LogP) is 5.91. The Kier molecular flexibility index (Phi) is 6.33. The number of allylic oxidation sites excluding steroid dienone is 6. The van der Waals surface area contributed by atoms with Crippen molar-refractivity contribution in [2.24, 2.45) is 0 Å². The van der Waals surface area contributed by atoms with Crippen molar-refractivity contribution in [2.75, 3.05) is 0 Å². The van der Waals surface area contributed by atoms with Crippen LogP contribution in [0.2, 0.25) is 0 Å². The van der Waals surface area contributed by atoms with Crippen LogP contribution in [0.25, 0.3) is 0 Å². The molecule has 18 heavy (non-hydrogen) atoms. The molecule has 0 heterocycles. The molecule has 2 aliphatic carbocycles. The Labute approximate surface area is 113 Å². The maximum atomic E-state index is 3.66. The molecule has 0 aliphatic heterocycles. The highest BCUT2D eigenvalue weighted by molar-refractivity contribution is 5.38. The molecule has 0 aromatic heterocycles. The second-order valence-corrected chi connectivity index (χ2v) is 5.63. The minimum absolute atomic E-state index is 1.15. The summed E-state index contributed by atoms with van der Waals surface area (Å²) in [5, 5.41) is 0. The molecule has 0 unspecified atom stereocenters. The fraction of sp³-hybridized carbons (Fsp3) is 0.667. The fourth-order valence-corrected chi connectivity index (χ4v) is 2.88. The third-order valence-corrected chi connectivity index (χ3v) is 4.03. The lowest BCUT2D eigenvalue weighted by atomic mass is 9.97. The van der Waals surface area contributed by atoms with E-state index >= 15 is 0 Å². The van der Waals surface area contributed by atoms with Gasteiger partial charge in [-0.25, -0.2) is 0 Å². The van der Waals surface area contributed by atoms with Gasteiger partial charge in [0.15, 0.2) is 0 Å². The van der Waals surface area contributed by atoms with Crippen LogP contribution in [0.5, 0.6) is 0 Å². The Hall–Kier alpha value is -0.780. The molecule has 0 saturated heterocycles. The van der Waals surface area contributed by atoms with Gasteiger partial charge in [0.2, 0.25) is 0 Å². The largest absolute Gasteiger partial charge is 0.0839 e. The zero-order valence-corrected chi connectivity index (χ0v) is 11.7. The molecule has 0 aromatic rings. The van der Waals surface area contributed by atoms with Gasteiger partial charge in [0, 0.05) is 0 Å². The Balaban J connectivity index is 2.06. The average Bonchev–Trinajstić information content (AvgIpc) is 2.61. The second kappa shape index (κ2) is 8.34. The highest BCUT2D eigenvalue weighted by atomic mass is 14.1. The molecule has 99 valence electrons. The maximum Gasteiger partial charge on any atom is -0.0196 e. The normalized spacial score (nSPS) is 31.1. The quantitative estimate of drug-likeness (QED) is 0.537. The van der Waals surface area contributed by atoms with Crippen LogP contribution in [0, 0.1) is 6.08 Å². The van der Waals surface area contributed by atoms with E-state index in [1.54, 1.807) is 5.57 Å². The monoisotopic (exact) mass is 243 g/mol. The zero-order chi connectivity index (χ0) is 12.5. The van der Waals surface area contributed by atoms with Gasteiger partial charge in [-0.05, 0) is 68.6 Å². The highest BCUT2D eigenvalue weighted by Crippen LogP contribution is 2.24. The van der Waals surface area contributed by atoms with Crippen LogP contribution in [0.4, 0.5) is 0 Å². The molecule has 0 amide bonds. The minimum atomic E-state index is 1.15. The molecular weight excluding hydrogens is 216 g/mol. The first-order valence-electron chi connectivity index (χ1n) is 7.93. The van der Waals surface area contributed by atoms with Crippen molar-refractivity contribution >= 4 is 0 Å². The van der Waals surface area contributed by atoms with E-state index in [-0.39, 0.29) is 0 Å². The van der Waals surface area contributed by atoms with Crippen molar-refractivity contribution in [3.63, 3.8) is 0 Å². The molecule has 0 heteroatoms. The summed E-state index contributed by atoms with van der Waals surface area (Å²) < 4.78 is 0. The third kappa shape index (κ3) is 4.84. The third-order valence-electron chi connectivity index (χ3n) is 4.03. The maximum absolute atomic E-state index is 3.66. The Bertz CT molecular complexity index is 317. The second-order valence-electron chi connectivity index (χ2n) is 5.63. The summed E-state index contributed by atoms with van der Waals surface area (Å²) in [6.45, 7) is 0. The molecule has 0 atom stereocenters. The van der Waals surface area contributed by atoms with Crippen molar-refractivity contribution in [1.29, 1.82) is 0 Å². The van der Waals surface area contributed by atoms with Gasteiger partial charge in [-0.3, -0.25) is 0 Å². The summed E-state index contributed by atoms with van der Waals surface area (Å²) in [6.07, 6.45) is 26.8. The number of hydrogen-bond acceptors (Lipinski definition) is 0. The van der Waals surface area contributed by atoms with Crippen LogP contribution < -0.4 is 0 Å². The summed E-state index contributed by atoms with van der Waals surface area (Å²) in [6, 6.07) is 0. The highest BCUT2D eigenvalue weighted by Gasteiger charge is 2.06. The van der Waals surface area contributed by atoms with Crippen molar-refractivity contribution in [3.8, 4) is 0 Å². The molecule has 0 N–H and O–H groups in total. The lowest BCUT2D eigenvalue weighted by Gasteiger charge is -2.08. The summed E-state index contributed by atoms with van der Waals surface area (Å²) in [4.78, 5) is 0. The van der Waals surface area contributed by atoms with Crippen LogP contribution in [-0.2, 0) is 0 Å².